The van der Waals surface area contributed by atoms with Crippen molar-refractivity contribution in [2.45, 2.75) is 59.0 Å². The van der Waals surface area contributed by atoms with E-state index in [9.17, 15) is 9.18 Å². The number of aliphatic imine (C=N–C) groups is 1. The molecule has 2 aromatic carbocycles. The molecule has 0 spiro atoms. The molecule has 8 heteroatoms. The van der Waals surface area contributed by atoms with Crippen LogP contribution in [0, 0.1) is 29.0 Å². The van der Waals surface area contributed by atoms with Gasteiger partial charge in [-0.1, -0.05) is 26.8 Å². The molecule has 2 aromatic rings. The Labute approximate surface area is 238 Å². The number of nitrogens with zero attached hydrogens (tertiary/aromatic N) is 2. The topological polar surface area (TPSA) is 78.0 Å². The van der Waals surface area contributed by atoms with Gasteiger partial charge in [-0.2, -0.15) is 0 Å². The molecular weight excluding hydrogens is 505 g/mol. The van der Waals surface area contributed by atoms with E-state index >= 15 is 0 Å². The van der Waals surface area contributed by atoms with E-state index in [0.29, 0.717) is 53.3 Å². The highest BCUT2D eigenvalue weighted by Crippen LogP contribution is 2.61. The van der Waals surface area contributed by atoms with Crippen LogP contribution in [0.2, 0.25) is 0 Å². The fraction of sp³-hybridized carbons (Fsp3) is 0.562. The van der Waals surface area contributed by atoms with E-state index in [1.807, 2.05) is 24.3 Å². The van der Waals surface area contributed by atoms with Gasteiger partial charge in [0.15, 0.2) is 5.96 Å². The number of carbonyl (C=O) groups excluding carboxylic acids is 1. The molecule has 216 valence electrons. The summed E-state index contributed by atoms with van der Waals surface area (Å²) in [4.78, 5) is 20.4. The van der Waals surface area contributed by atoms with Crippen LogP contribution in [-0.4, -0.2) is 62.1 Å². The SMILES string of the molecule is COc1ccc(CCNC(=O)c2ccc(NC(=NC3C[C@@H]4C[C@H]([C@@H]3C)C4(C)C)N3CCN[C@@H](C)C3)cc2)c(F)c1. The van der Waals surface area contributed by atoms with Crippen molar-refractivity contribution in [3.63, 3.8) is 0 Å². The van der Waals surface area contributed by atoms with Crippen LogP contribution in [0.4, 0.5) is 10.1 Å². The van der Waals surface area contributed by atoms with Crippen molar-refractivity contribution in [2.75, 3.05) is 38.6 Å². The number of benzene rings is 2. The lowest BCUT2D eigenvalue weighted by Gasteiger charge is -2.61. The average molecular weight is 550 g/mol. The molecule has 2 bridgehead atoms. The zero-order chi connectivity index (χ0) is 28.4. The summed E-state index contributed by atoms with van der Waals surface area (Å²) in [5.41, 5.74) is 2.46. The number of amides is 1. The van der Waals surface area contributed by atoms with Gasteiger partial charge in [-0.15, -0.1) is 0 Å². The van der Waals surface area contributed by atoms with Crippen LogP contribution in [0.15, 0.2) is 47.5 Å². The van der Waals surface area contributed by atoms with Crippen LogP contribution in [0.3, 0.4) is 0 Å². The van der Waals surface area contributed by atoms with Crippen molar-refractivity contribution in [1.82, 2.24) is 15.5 Å². The third kappa shape index (κ3) is 5.97. The minimum Gasteiger partial charge on any atom is -0.497 e. The molecule has 4 aliphatic rings. The minimum atomic E-state index is -0.330. The molecular formula is C32H44FN5O2. The van der Waals surface area contributed by atoms with E-state index in [4.69, 9.17) is 9.73 Å². The van der Waals surface area contributed by atoms with Gasteiger partial charge in [0.05, 0.1) is 13.2 Å². The van der Waals surface area contributed by atoms with Gasteiger partial charge < -0.3 is 25.6 Å². The van der Waals surface area contributed by atoms with Crippen LogP contribution in [0.1, 0.15) is 56.5 Å². The first kappa shape index (κ1) is 28.4. The number of hydrogen-bond donors (Lipinski definition) is 3. The number of rotatable bonds is 7. The van der Waals surface area contributed by atoms with E-state index in [0.717, 1.165) is 49.5 Å². The fourth-order valence-corrected chi connectivity index (χ4v) is 6.87. The van der Waals surface area contributed by atoms with Gasteiger partial charge in [0.1, 0.15) is 11.6 Å². The molecule has 5 atom stereocenters. The van der Waals surface area contributed by atoms with Crippen molar-refractivity contribution in [3.05, 3.63) is 59.4 Å². The van der Waals surface area contributed by atoms with Gasteiger partial charge in [-0.3, -0.25) is 4.79 Å². The lowest BCUT2D eigenvalue weighted by Crippen LogP contribution is -2.57. The molecule has 7 nitrogen and oxygen atoms in total. The predicted octanol–water partition coefficient (Wildman–Crippen LogP) is 4.94. The summed E-state index contributed by atoms with van der Waals surface area (Å²) in [6.07, 6.45) is 2.89. The number of piperazine rings is 1. The average Bonchev–Trinajstić information content (AvgIpc) is 2.94. The van der Waals surface area contributed by atoms with E-state index in [2.05, 4.69) is 48.5 Å². The Bertz CT molecular complexity index is 1230. The highest BCUT2D eigenvalue weighted by Gasteiger charge is 2.56. The number of nitrogens with one attached hydrogen (secondary N) is 3. The Morgan fingerprint density at radius 3 is 2.60 bits per heavy atom. The first-order valence-electron chi connectivity index (χ1n) is 14.7. The van der Waals surface area contributed by atoms with Gasteiger partial charge in [0.2, 0.25) is 0 Å². The fourth-order valence-electron chi connectivity index (χ4n) is 6.87. The maximum Gasteiger partial charge on any atom is 0.251 e. The molecule has 0 radical (unpaired) electrons. The number of hydrogen-bond acceptors (Lipinski definition) is 4. The second-order valence-electron chi connectivity index (χ2n) is 12.4. The number of methoxy groups -OCH3 is 1. The quantitative estimate of drug-likeness (QED) is 0.337. The predicted molar refractivity (Wildman–Crippen MR) is 158 cm³/mol. The normalized spacial score (nSPS) is 27.5. The number of anilines is 1. The van der Waals surface area contributed by atoms with Gasteiger partial charge in [-0.05, 0) is 85.3 Å². The molecule has 1 amide bonds. The molecule has 3 aliphatic carbocycles. The van der Waals surface area contributed by atoms with Crippen molar-refractivity contribution in [2.24, 2.45) is 28.2 Å². The van der Waals surface area contributed by atoms with Gasteiger partial charge >= 0.3 is 0 Å². The summed E-state index contributed by atoms with van der Waals surface area (Å²) in [6.45, 7) is 12.5. The standard InChI is InChI=1S/C32H44FN5O2/c1-20-19-38(15-14-34-20)31(37-29-17-24-16-27(21(29)2)32(24,3)4)36-25-9-6-23(7-10-25)30(39)35-13-12-22-8-11-26(40-5)18-28(22)33/h6-11,18,20-21,24,27,29,34H,12-17,19H2,1-5H3,(H,35,39)(H,36,37)/t20-,21-,24-,27+,29?/m0/s1. The number of guanidine groups is 1. The maximum atomic E-state index is 14.2. The second-order valence-corrected chi connectivity index (χ2v) is 12.4. The second kappa shape index (κ2) is 11.8. The summed E-state index contributed by atoms with van der Waals surface area (Å²) in [5.74, 6) is 2.96. The largest absolute Gasteiger partial charge is 0.497 e. The van der Waals surface area contributed by atoms with Crippen LogP contribution in [0.25, 0.3) is 0 Å². The first-order chi connectivity index (χ1) is 19.2. The minimum absolute atomic E-state index is 0.178. The van der Waals surface area contributed by atoms with Crippen LogP contribution >= 0.6 is 0 Å². The Balaban J connectivity index is 1.22. The molecule has 0 aromatic heterocycles. The summed E-state index contributed by atoms with van der Waals surface area (Å²) in [7, 11) is 1.51. The van der Waals surface area contributed by atoms with Crippen molar-refractivity contribution in [3.8, 4) is 5.75 Å². The Morgan fingerprint density at radius 2 is 1.95 bits per heavy atom. The number of halogens is 1. The van der Waals surface area contributed by atoms with E-state index in [1.54, 1.807) is 12.1 Å². The zero-order valence-electron chi connectivity index (χ0n) is 24.5. The molecule has 1 heterocycles. The number of fused-ring (bicyclic) bond motifs is 2. The third-order valence-corrected chi connectivity index (χ3v) is 9.61. The third-order valence-electron chi connectivity index (χ3n) is 9.61. The summed E-state index contributed by atoms with van der Waals surface area (Å²) in [6, 6.07) is 13.0. The Kier molecular flexibility index (Phi) is 8.36. The van der Waals surface area contributed by atoms with Gasteiger partial charge in [-0.25, -0.2) is 9.38 Å². The smallest absolute Gasteiger partial charge is 0.251 e. The molecule has 1 aliphatic heterocycles. The van der Waals surface area contributed by atoms with Crippen LogP contribution in [-0.2, 0) is 6.42 Å². The van der Waals surface area contributed by atoms with E-state index in [-0.39, 0.29) is 11.7 Å². The monoisotopic (exact) mass is 549 g/mol. The highest BCUT2D eigenvalue weighted by molar-refractivity contribution is 5.96. The van der Waals surface area contributed by atoms with Crippen molar-refractivity contribution in [1.29, 1.82) is 0 Å². The zero-order valence-corrected chi connectivity index (χ0v) is 24.5. The molecule has 1 unspecified atom stereocenters. The van der Waals surface area contributed by atoms with Gasteiger partial charge in [0, 0.05) is 49.5 Å². The summed E-state index contributed by atoms with van der Waals surface area (Å²) in [5, 5.41) is 10.0. The van der Waals surface area contributed by atoms with Crippen LogP contribution in [0.5, 0.6) is 5.75 Å². The molecule has 3 N–H and O–H groups in total. The highest BCUT2D eigenvalue weighted by atomic mass is 19.1. The molecule has 4 fully saturated rings. The van der Waals surface area contributed by atoms with E-state index in [1.165, 1.54) is 19.6 Å². The number of ether oxygens (including phenoxy) is 1. The Morgan fingerprint density at radius 1 is 1.18 bits per heavy atom. The molecule has 1 saturated heterocycles. The Hall–Kier alpha value is -3.13. The van der Waals surface area contributed by atoms with Crippen molar-refractivity contribution < 1.29 is 13.9 Å². The van der Waals surface area contributed by atoms with Crippen molar-refractivity contribution >= 4 is 17.6 Å². The molecule has 3 saturated carbocycles. The molecule has 6 rings (SSSR count). The van der Waals surface area contributed by atoms with Gasteiger partial charge in [0.25, 0.3) is 5.91 Å². The maximum absolute atomic E-state index is 14.2. The lowest BCUT2D eigenvalue weighted by atomic mass is 9.45. The summed E-state index contributed by atoms with van der Waals surface area (Å²) < 4.78 is 19.2. The first-order valence-corrected chi connectivity index (χ1v) is 14.7. The molecule has 40 heavy (non-hydrogen) atoms. The lowest BCUT2D eigenvalue weighted by molar-refractivity contribution is -0.108. The van der Waals surface area contributed by atoms with E-state index < -0.39 is 0 Å². The summed E-state index contributed by atoms with van der Waals surface area (Å²) >= 11 is 0. The van der Waals surface area contributed by atoms with Crippen LogP contribution < -0.4 is 20.7 Å². The number of carbonyl (C=O) groups is 1.